The maximum absolute atomic E-state index is 2.36. The summed E-state index contributed by atoms with van der Waals surface area (Å²) >= 11 is 0. The summed E-state index contributed by atoms with van der Waals surface area (Å²) in [5.74, 6) is 1.05. The lowest BCUT2D eigenvalue weighted by Gasteiger charge is -2.22. The Morgan fingerprint density at radius 3 is 1.89 bits per heavy atom. The second-order valence-corrected chi connectivity index (χ2v) is 3.64. The van der Waals surface area contributed by atoms with Gasteiger partial charge in [0, 0.05) is 0 Å². The quantitative estimate of drug-likeness (QED) is 0.471. The summed E-state index contributed by atoms with van der Waals surface area (Å²) in [5.41, 5.74) is 0. The van der Waals surface area contributed by atoms with Crippen LogP contribution in [0, 0.1) is 0 Å². The van der Waals surface area contributed by atoms with Crippen LogP contribution in [0.25, 0.3) is 0 Å². The van der Waals surface area contributed by atoms with Crippen LogP contribution in [0.1, 0.15) is 32.1 Å². The third kappa shape index (κ3) is 2.04. The first-order chi connectivity index (χ1) is 4.30. The van der Waals surface area contributed by atoms with Crippen molar-refractivity contribution < 1.29 is 0 Å². The molecule has 0 bridgehead atoms. The fourth-order valence-electron chi connectivity index (χ4n) is 1.80. The van der Waals surface area contributed by atoms with Crippen molar-refractivity contribution >= 4 is 6.71 Å². The molecule has 0 aromatic carbocycles. The topological polar surface area (TPSA) is 0 Å². The van der Waals surface area contributed by atoms with Crippen LogP contribution in [0.15, 0.2) is 0 Å². The maximum Gasteiger partial charge on any atom is 0.136 e. The monoisotopic (exact) mass is 124 g/mol. The van der Waals surface area contributed by atoms with Gasteiger partial charge < -0.3 is 0 Å². The van der Waals surface area contributed by atoms with E-state index in [1.165, 1.54) is 32.1 Å². The molecule has 9 heavy (non-hydrogen) atoms. The minimum Gasteiger partial charge on any atom is -0.0861 e. The molecule has 1 saturated carbocycles. The second kappa shape index (κ2) is 3.29. The third-order valence-electron chi connectivity index (χ3n) is 2.59. The molecule has 0 nitrogen and oxygen atoms in total. The van der Waals surface area contributed by atoms with Gasteiger partial charge in [0.05, 0.1) is 0 Å². The Morgan fingerprint density at radius 2 is 1.56 bits per heavy atom. The van der Waals surface area contributed by atoms with Gasteiger partial charge in [-0.15, -0.1) is 0 Å². The van der Waals surface area contributed by atoms with Crippen LogP contribution in [-0.2, 0) is 0 Å². The van der Waals surface area contributed by atoms with E-state index in [4.69, 9.17) is 0 Å². The highest BCUT2D eigenvalue weighted by Gasteiger charge is 2.17. The van der Waals surface area contributed by atoms with E-state index in [1.54, 1.807) is 0 Å². The normalized spacial score (nSPS) is 22.0. The van der Waals surface area contributed by atoms with Crippen LogP contribution in [0.3, 0.4) is 0 Å². The molecule has 0 aromatic rings. The molecule has 0 radical (unpaired) electrons. The molecule has 52 valence electrons. The summed E-state index contributed by atoms with van der Waals surface area (Å²) in [5, 5.41) is 0. The van der Waals surface area contributed by atoms with E-state index in [2.05, 4.69) is 13.6 Å². The number of hydrogen-bond acceptors (Lipinski definition) is 0. The summed E-state index contributed by atoms with van der Waals surface area (Å²) in [7, 11) is 0. The fraction of sp³-hybridized carbons (Fsp3) is 1.00. The molecular weight excluding hydrogens is 107 g/mol. The van der Waals surface area contributed by atoms with E-state index in [1.807, 2.05) is 0 Å². The SMILES string of the molecule is CB(C)C1CCCCC1. The van der Waals surface area contributed by atoms with Crippen LogP contribution in [0.5, 0.6) is 0 Å². The van der Waals surface area contributed by atoms with E-state index < -0.39 is 0 Å². The van der Waals surface area contributed by atoms with Crippen LogP contribution in [-0.4, -0.2) is 6.71 Å². The molecule has 0 amide bonds. The molecular formula is C8H17B. The molecule has 1 heteroatoms. The van der Waals surface area contributed by atoms with Crippen molar-refractivity contribution in [3.63, 3.8) is 0 Å². The molecule has 1 rings (SSSR count). The van der Waals surface area contributed by atoms with Crippen molar-refractivity contribution in [1.82, 2.24) is 0 Å². The molecule has 0 aliphatic heterocycles. The van der Waals surface area contributed by atoms with E-state index in [0.29, 0.717) is 0 Å². The maximum atomic E-state index is 2.36. The summed E-state index contributed by atoms with van der Waals surface area (Å²) in [6.07, 6.45) is 7.46. The van der Waals surface area contributed by atoms with Gasteiger partial charge >= 0.3 is 0 Å². The molecule has 1 aliphatic carbocycles. The summed E-state index contributed by atoms with van der Waals surface area (Å²) in [6, 6.07) is 0. The number of hydrogen-bond donors (Lipinski definition) is 0. The first kappa shape index (κ1) is 7.18. The Labute approximate surface area is 59.1 Å². The van der Waals surface area contributed by atoms with E-state index in [9.17, 15) is 0 Å². The van der Waals surface area contributed by atoms with Gasteiger partial charge in [-0.1, -0.05) is 51.6 Å². The van der Waals surface area contributed by atoms with Gasteiger partial charge in [0.2, 0.25) is 0 Å². The average Bonchev–Trinajstić information content (AvgIpc) is 1.90. The van der Waals surface area contributed by atoms with Crippen LogP contribution in [0.4, 0.5) is 0 Å². The summed E-state index contributed by atoms with van der Waals surface area (Å²) < 4.78 is 0. The highest BCUT2D eigenvalue weighted by atomic mass is 14.1. The van der Waals surface area contributed by atoms with Gasteiger partial charge in [0.15, 0.2) is 0 Å². The molecule has 0 unspecified atom stereocenters. The molecule has 0 heterocycles. The number of rotatable bonds is 1. The molecule has 1 fully saturated rings. The lowest BCUT2D eigenvalue weighted by Crippen LogP contribution is -2.14. The van der Waals surface area contributed by atoms with Crippen LogP contribution in [0.2, 0.25) is 19.5 Å². The van der Waals surface area contributed by atoms with Crippen molar-refractivity contribution in [2.45, 2.75) is 51.6 Å². The molecule has 0 spiro atoms. The van der Waals surface area contributed by atoms with E-state index >= 15 is 0 Å². The largest absolute Gasteiger partial charge is 0.136 e. The Hall–Kier alpha value is 0.0649. The van der Waals surface area contributed by atoms with Gasteiger partial charge in [-0.05, 0) is 0 Å². The molecule has 0 saturated heterocycles. The fourth-order valence-corrected chi connectivity index (χ4v) is 1.80. The average molecular weight is 124 g/mol. The Bertz CT molecular complexity index is 72.6. The zero-order chi connectivity index (χ0) is 6.69. The third-order valence-corrected chi connectivity index (χ3v) is 2.59. The van der Waals surface area contributed by atoms with Gasteiger partial charge in [-0.25, -0.2) is 0 Å². The highest BCUT2D eigenvalue weighted by Crippen LogP contribution is 2.30. The zero-order valence-corrected chi connectivity index (χ0v) is 6.69. The molecule has 0 atom stereocenters. The zero-order valence-electron chi connectivity index (χ0n) is 6.69. The Morgan fingerprint density at radius 1 is 1.00 bits per heavy atom. The van der Waals surface area contributed by atoms with Crippen molar-refractivity contribution in [2.24, 2.45) is 0 Å². The summed E-state index contributed by atoms with van der Waals surface area (Å²) in [4.78, 5) is 0. The van der Waals surface area contributed by atoms with Gasteiger partial charge in [0.1, 0.15) is 6.71 Å². The first-order valence-electron chi connectivity index (χ1n) is 4.30. The first-order valence-corrected chi connectivity index (χ1v) is 4.30. The lowest BCUT2D eigenvalue weighted by atomic mass is 9.42. The predicted molar refractivity (Wildman–Crippen MR) is 44.3 cm³/mol. The Balaban J connectivity index is 2.23. The smallest absolute Gasteiger partial charge is 0.0861 e. The Kier molecular flexibility index (Phi) is 2.62. The molecule has 1 aliphatic rings. The van der Waals surface area contributed by atoms with Crippen molar-refractivity contribution in [2.75, 3.05) is 0 Å². The van der Waals surface area contributed by atoms with Crippen LogP contribution < -0.4 is 0 Å². The molecule has 0 N–H and O–H groups in total. The van der Waals surface area contributed by atoms with Crippen molar-refractivity contribution in [3.05, 3.63) is 0 Å². The second-order valence-electron chi connectivity index (χ2n) is 3.64. The van der Waals surface area contributed by atoms with E-state index in [-0.39, 0.29) is 0 Å². The highest BCUT2D eigenvalue weighted by molar-refractivity contribution is 6.57. The van der Waals surface area contributed by atoms with Gasteiger partial charge in [0.25, 0.3) is 0 Å². The lowest BCUT2D eigenvalue weighted by molar-refractivity contribution is 0.497. The minimum absolute atomic E-state index is 0.935. The van der Waals surface area contributed by atoms with Crippen LogP contribution >= 0.6 is 0 Å². The minimum atomic E-state index is 0.935. The van der Waals surface area contributed by atoms with Gasteiger partial charge in [-0.3, -0.25) is 0 Å². The van der Waals surface area contributed by atoms with Crippen molar-refractivity contribution in [3.8, 4) is 0 Å². The standard InChI is InChI=1S/C8H17B/c1-9(2)8-6-4-3-5-7-8/h8H,3-7H2,1-2H3. The predicted octanol–water partition coefficient (Wildman–Crippen LogP) is 3.08. The van der Waals surface area contributed by atoms with Gasteiger partial charge in [-0.2, -0.15) is 0 Å². The van der Waals surface area contributed by atoms with Crippen molar-refractivity contribution in [1.29, 1.82) is 0 Å². The molecule has 0 aromatic heterocycles. The summed E-state index contributed by atoms with van der Waals surface area (Å²) in [6.45, 7) is 5.65. The van der Waals surface area contributed by atoms with E-state index in [0.717, 1.165) is 12.5 Å².